The normalized spacial score (nSPS) is 10.5. The minimum absolute atomic E-state index is 0.0691. The van der Waals surface area contributed by atoms with Crippen LogP contribution in [0.4, 0.5) is 11.4 Å². The monoisotopic (exact) mass is 267 g/mol. The lowest BCUT2D eigenvalue weighted by atomic mass is 10.2. The van der Waals surface area contributed by atoms with Gasteiger partial charge in [0.05, 0.1) is 12.7 Å². The van der Waals surface area contributed by atoms with Crippen molar-refractivity contribution in [2.75, 3.05) is 30.8 Å². The summed E-state index contributed by atoms with van der Waals surface area (Å²) in [6.45, 7) is 4.78. The average molecular weight is 267 g/mol. The first-order chi connectivity index (χ1) is 8.97. The fourth-order valence-electron chi connectivity index (χ4n) is 1.50. The Morgan fingerprint density at radius 2 is 2.11 bits per heavy atom. The summed E-state index contributed by atoms with van der Waals surface area (Å²) in [4.78, 5) is 10.5. The Balaban J connectivity index is 2.44. The van der Waals surface area contributed by atoms with Gasteiger partial charge in [0.15, 0.2) is 0 Å². The molecular weight excluding hydrogens is 246 g/mol. The lowest BCUT2D eigenvalue weighted by molar-refractivity contribution is -0.122. The summed E-state index contributed by atoms with van der Waals surface area (Å²) in [6, 6.07) is 5.44. The van der Waals surface area contributed by atoms with Crippen LogP contribution in [0, 0.1) is 0 Å². The van der Waals surface area contributed by atoms with Crippen molar-refractivity contribution in [2.45, 2.75) is 20.0 Å². The summed E-state index contributed by atoms with van der Waals surface area (Å²) in [6.07, 6.45) is 0.0912. The molecule has 0 atom stereocenters. The fraction of sp³-hybridized carbons (Fsp3) is 0.462. The van der Waals surface area contributed by atoms with E-state index in [-0.39, 0.29) is 12.7 Å². The van der Waals surface area contributed by atoms with Gasteiger partial charge in [0.2, 0.25) is 5.91 Å². The molecular formula is C13H21N3O3. The van der Waals surface area contributed by atoms with E-state index in [1.807, 2.05) is 19.9 Å². The zero-order valence-electron chi connectivity index (χ0n) is 11.3. The number of ether oxygens (including phenoxy) is 2. The molecule has 19 heavy (non-hydrogen) atoms. The summed E-state index contributed by atoms with van der Waals surface area (Å²) in [5.74, 6) is 0.243. The number of nitrogen functional groups attached to an aromatic ring is 1. The van der Waals surface area contributed by atoms with Crippen molar-refractivity contribution in [2.24, 2.45) is 5.73 Å². The lowest BCUT2D eigenvalue weighted by Gasteiger charge is -2.13. The van der Waals surface area contributed by atoms with Gasteiger partial charge in [-0.05, 0) is 19.9 Å². The predicted octanol–water partition coefficient (Wildman–Crippen LogP) is 0.970. The van der Waals surface area contributed by atoms with Crippen LogP contribution in [0.3, 0.4) is 0 Å². The van der Waals surface area contributed by atoms with E-state index in [1.54, 1.807) is 12.1 Å². The van der Waals surface area contributed by atoms with Gasteiger partial charge >= 0.3 is 0 Å². The summed E-state index contributed by atoms with van der Waals surface area (Å²) in [5, 5.41) is 3.14. The van der Waals surface area contributed by atoms with Crippen LogP contribution in [0.1, 0.15) is 13.8 Å². The molecule has 0 bridgehead atoms. The van der Waals surface area contributed by atoms with Gasteiger partial charge in [0, 0.05) is 30.1 Å². The molecule has 6 heteroatoms. The van der Waals surface area contributed by atoms with Gasteiger partial charge in [0.25, 0.3) is 0 Å². The van der Waals surface area contributed by atoms with Crippen molar-refractivity contribution in [1.82, 2.24) is 0 Å². The third kappa shape index (κ3) is 6.52. The molecule has 1 aromatic carbocycles. The number of carbonyl (C=O) groups excluding carboxylic acids is 1. The first-order valence-electron chi connectivity index (χ1n) is 6.14. The number of anilines is 2. The number of nitrogens with one attached hydrogen (secondary N) is 1. The second-order valence-corrected chi connectivity index (χ2v) is 4.40. The first kappa shape index (κ1) is 15.1. The average Bonchev–Trinajstić information content (AvgIpc) is 2.26. The molecule has 0 radical (unpaired) electrons. The lowest BCUT2D eigenvalue weighted by Crippen LogP contribution is -2.20. The molecule has 0 heterocycles. The second-order valence-electron chi connectivity index (χ2n) is 4.40. The van der Waals surface area contributed by atoms with Crippen LogP contribution in [0.25, 0.3) is 0 Å². The van der Waals surface area contributed by atoms with Gasteiger partial charge in [-0.2, -0.15) is 0 Å². The molecule has 0 aliphatic carbocycles. The van der Waals surface area contributed by atoms with Gasteiger partial charge in [-0.1, -0.05) is 0 Å². The second kappa shape index (κ2) is 7.48. The number of benzene rings is 1. The molecule has 0 aliphatic rings. The van der Waals surface area contributed by atoms with Gasteiger partial charge in [-0.3, -0.25) is 4.79 Å². The Kier molecular flexibility index (Phi) is 5.95. The summed E-state index contributed by atoms with van der Waals surface area (Å²) in [5.41, 5.74) is 12.2. The highest BCUT2D eigenvalue weighted by molar-refractivity contribution is 5.74. The smallest absolute Gasteiger partial charge is 0.243 e. The molecule has 0 aromatic heterocycles. The minimum atomic E-state index is -0.475. The maximum absolute atomic E-state index is 10.5. The molecule has 106 valence electrons. The highest BCUT2D eigenvalue weighted by Crippen LogP contribution is 2.23. The van der Waals surface area contributed by atoms with Crippen LogP contribution in [-0.2, 0) is 9.53 Å². The van der Waals surface area contributed by atoms with Crippen molar-refractivity contribution in [1.29, 1.82) is 0 Å². The van der Waals surface area contributed by atoms with Crippen LogP contribution in [-0.4, -0.2) is 31.8 Å². The Labute approximate surface area is 113 Å². The van der Waals surface area contributed by atoms with Crippen LogP contribution in [0.15, 0.2) is 18.2 Å². The van der Waals surface area contributed by atoms with Crippen molar-refractivity contribution in [3.8, 4) is 5.75 Å². The highest BCUT2D eigenvalue weighted by Gasteiger charge is 2.02. The first-order valence-corrected chi connectivity index (χ1v) is 6.14. The Morgan fingerprint density at radius 1 is 1.37 bits per heavy atom. The molecule has 5 N–H and O–H groups in total. The molecule has 0 saturated heterocycles. The fourth-order valence-corrected chi connectivity index (χ4v) is 1.50. The topological polar surface area (TPSA) is 99.6 Å². The quantitative estimate of drug-likeness (QED) is 0.481. The SMILES string of the molecule is CC(C)Oc1cc(N)cc(NCCOCC(N)=O)c1. The maximum Gasteiger partial charge on any atom is 0.243 e. The van der Waals surface area contributed by atoms with Gasteiger partial charge in [-0.25, -0.2) is 0 Å². The third-order valence-corrected chi connectivity index (χ3v) is 2.12. The number of rotatable bonds is 8. The van der Waals surface area contributed by atoms with E-state index in [4.69, 9.17) is 20.9 Å². The standard InChI is InChI=1S/C13H21N3O3/c1-9(2)19-12-6-10(14)5-11(7-12)16-3-4-18-8-13(15)17/h5-7,9,16H,3-4,8,14H2,1-2H3,(H2,15,17). The van der Waals surface area contributed by atoms with Crippen LogP contribution < -0.4 is 21.5 Å². The molecule has 6 nitrogen and oxygen atoms in total. The Bertz CT molecular complexity index is 422. The molecule has 1 rings (SSSR count). The zero-order valence-corrected chi connectivity index (χ0v) is 11.3. The predicted molar refractivity (Wildman–Crippen MR) is 75.1 cm³/mol. The molecule has 1 aromatic rings. The molecule has 0 spiro atoms. The van der Waals surface area contributed by atoms with Crippen LogP contribution >= 0.6 is 0 Å². The number of hydrogen-bond acceptors (Lipinski definition) is 5. The van der Waals surface area contributed by atoms with E-state index in [2.05, 4.69) is 5.32 Å². The minimum Gasteiger partial charge on any atom is -0.491 e. The van der Waals surface area contributed by atoms with E-state index in [1.165, 1.54) is 0 Å². The van der Waals surface area contributed by atoms with Crippen molar-refractivity contribution in [3.05, 3.63) is 18.2 Å². The number of nitrogens with two attached hydrogens (primary N) is 2. The molecule has 0 unspecified atom stereocenters. The summed E-state index contributed by atoms with van der Waals surface area (Å²) in [7, 11) is 0. The maximum atomic E-state index is 10.5. The molecule has 1 amide bonds. The van der Waals surface area contributed by atoms with E-state index in [9.17, 15) is 4.79 Å². The van der Waals surface area contributed by atoms with Crippen molar-refractivity contribution >= 4 is 17.3 Å². The van der Waals surface area contributed by atoms with Crippen LogP contribution in [0.2, 0.25) is 0 Å². The van der Waals surface area contributed by atoms with E-state index in [0.717, 1.165) is 11.4 Å². The number of carbonyl (C=O) groups is 1. The summed E-state index contributed by atoms with van der Waals surface area (Å²) >= 11 is 0. The highest BCUT2D eigenvalue weighted by atomic mass is 16.5. The molecule has 0 aliphatic heterocycles. The number of hydrogen-bond donors (Lipinski definition) is 3. The zero-order chi connectivity index (χ0) is 14.3. The summed E-state index contributed by atoms with van der Waals surface area (Å²) < 4.78 is 10.6. The van der Waals surface area contributed by atoms with Gasteiger partial charge in [-0.15, -0.1) is 0 Å². The van der Waals surface area contributed by atoms with Crippen molar-refractivity contribution in [3.63, 3.8) is 0 Å². The Morgan fingerprint density at radius 3 is 2.74 bits per heavy atom. The number of primary amides is 1. The largest absolute Gasteiger partial charge is 0.491 e. The van der Waals surface area contributed by atoms with Gasteiger partial charge in [0.1, 0.15) is 12.4 Å². The van der Waals surface area contributed by atoms with E-state index >= 15 is 0 Å². The van der Waals surface area contributed by atoms with Gasteiger partial charge < -0.3 is 26.3 Å². The molecule has 0 fully saturated rings. The Hall–Kier alpha value is -1.95. The van der Waals surface area contributed by atoms with Crippen LogP contribution in [0.5, 0.6) is 5.75 Å². The number of amides is 1. The van der Waals surface area contributed by atoms with E-state index < -0.39 is 5.91 Å². The van der Waals surface area contributed by atoms with Crippen molar-refractivity contribution < 1.29 is 14.3 Å². The molecule has 0 saturated carbocycles. The van der Waals surface area contributed by atoms with E-state index in [0.29, 0.717) is 18.8 Å². The third-order valence-electron chi connectivity index (χ3n) is 2.12.